The van der Waals surface area contributed by atoms with Gasteiger partial charge >= 0.3 is 0 Å². The highest BCUT2D eigenvalue weighted by molar-refractivity contribution is 6.30. The Morgan fingerprint density at radius 1 is 1.30 bits per heavy atom. The zero-order valence-corrected chi connectivity index (χ0v) is 11.6. The molecule has 2 aromatic carbocycles. The average molecular weight is 286 g/mol. The van der Waals surface area contributed by atoms with Crippen molar-refractivity contribution in [1.29, 1.82) is 5.26 Å². The van der Waals surface area contributed by atoms with Gasteiger partial charge in [0.2, 0.25) is 0 Å². The van der Waals surface area contributed by atoms with Crippen LogP contribution in [0.5, 0.6) is 11.5 Å². The first-order valence-corrected chi connectivity index (χ1v) is 6.26. The number of phenolic OH excluding ortho intramolecular Hbond substituents is 1. The minimum Gasteiger partial charge on any atom is -0.504 e. The van der Waals surface area contributed by atoms with Crippen LogP contribution in [0.1, 0.15) is 11.1 Å². The van der Waals surface area contributed by atoms with Gasteiger partial charge in [0, 0.05) is 5.02 Å². The monoisotopic (exact) mass is 285 g/mol. The van der Waals surface area contributed by atoms with Gasteiger partial charge in [0.05, 0.1) is 18.8 Å². The molecule has 2 rings (SSSR count). The SMILES string of the molecule is COc1ccc(/C=C(/C#N)c2cccc(Cl)c2)cc1O. The molecule has 0 unspecified atom stereocenters. The standard InChI is InChI=1S/C16H12ClNO2/c1-20-16-6-5-11(8-15(16)19)7-13(10-18)12-3-2-4-14(17)9-12/h2-9,19H,1H3/b13-7-. The fourth-order valence-electron chi connectivity index (χ4n) is 1.80. The Balaban J connectivity index is 2.42. The molecule has 0 heterocycles. The second kappa shape index (κ2) is 6.14. The lowest BCUT2D eigenvalue weighted by Crippen LogP contribution is -1.85. The Morgan fingerprint density at radius 3 is 2.70 bits per heavy atom. The first-order chi connectivity index (χ1) is 9.63. The van der Waals surface area contributed by atoms with E-state index in [0.29, 0.717) is 21.9 Å². The van der Waals surface area contributed by atoms with Crippen molar-refractivity contribution in [3.05, 3.63) is 58.6 Å². The Bertz CT molecular complexity index is 702. The van der Waals surface area contributed by atoms with Crippen LogP contribution in [0.4, 0.5) is 0 Å². The summed E-state index contributed by atoms with van der Waals surface area (Å²) in [6, 6.07) is 14.2. The van der Waals surface area contributed by atoms with Gasteiger partial charge in [0.15, 0.2) is 11.5 Å². The van der Waals surface area contributed by atoms with Crippen LogP contribution in [-0.2, 0) is 0 Å². The fraction of sp³-hybridized carbons (Fsp3) is 0.0625. The molecule has 0 bridgehead atoms. The molecule has 0 amide bonds. The van der Waals surface area contributed by atoms with E-state index in [9.17, 15) is 10.4 Å². The number of allylic oxidation sites excluding steroid dienone is 1. The van der Waals surface area contributed by atoms with E-state index >= 15 is 0 Å². The first kappa shape index (κ1) is 14.0. The van der Waals surface area contributed by atoms with Crippen LogP contribution in [0.2, 0.25) is 5.02 Å². The summed E-state index contributed by atoms with van der Waals surface area (Å²) in [5, 5.41) is 19.6. The Hall–Kier alpha value is -2.44. The van der Waals surface area contributed by atoms with E-state index in [4.69, 9.17) is 16.3 Å². The summed E-state index contributed by atoms with van der Waals surface area (Å²) in [7, 11) is 1.48. The molecule has 0 spiro atoms. The van der Waals surface area contributed by atoms with Gasteiger partial charge in [-0.15, -0.1) is 0 Å². The lowest BCUT2D eigenvalue weighted by molar-refractivity contribution is 0.373. The number of benzene rings is 2. The van der Waals surface area contributed by atoms with Crippen molar-refractivity contribution in [2.75, 3.05) is 7.11 Å². The van der Waals surface area contributed by atoms with E-state index in [1.807, 2.05) is 6.07 Å². The number of nitriles is 1. The molecule has 0 saturated heterocycles. The average Bonchev–Trinajstić information content (AvgIpc) is 2.45. The number of hydrogen-bond acceptors (Lipinski definition) is 3. The van der Waals surface area contributed by atoms with Crippen LogP contribution in [-0.4, -0.2) is 12.2 Å². The van der Waals surface area contributed by atoms with Crippen molar-refractivity contribution in [2.45, 2.75) is 0 Å². The number of ether oxygens (including phenoxy) is 1. The summed E-state index contributed by atoms with van der Waals surface area (Å²) in [5.74, 6) is 0.424. The molecule has 0 atom stereocenters. The number of methoxy groups -OCH3 is 1. The van der Waals surface area contributed by atoms with Crippen LogP contribution >= 0.6 is 11.6 Å². The highest BCUT2D eigenvalue weighted by Crippen LogP contribution is 2.28. The maximum absolute atomic E-state index is 9.73. The van der Waals surface area contributed by atoms with E-state index < -0.39 is 0 Å². The van der Waals surface area contributed by atoms with Crippen molar-refractivity contribution in [2.24, 2.45) is 0 Å². The van der Waals surface area contributed by atoms with Crippen LogP contribution in [0, 0.1) is 11.3 Å². The maximum Gasteiger partial charge on any atom is 0.160 e. The van der Waals surface area contributed by atoms with Gasteiger partial charge in [0.1, 0.15) is 0 Å². The predicted molar refractivity (Wildman–Crippen MR) is 79.6 cm³/mol. The molecule has 0 aromatic heterocycles. The molecule has 0 saturated carbocycles. The number of hydrogen-bond donors (Lipinski definition) is 1. The number of phenols is 1. The molecular weight excluding hydrogens is 274 g/mol. The Morgan fingerprint density at radius 2 is 2.10 bits per heavy atom. The minimum absolute atomic E-state index is 0.0321. The van der Waals surface area contributed by atoms with Gasteiger partial charge in [-0.25, -0.2) is 0 Å². The van der Waals surface area contributed by atoms with Gasteiger partial charge in [-0.3, -0.25) is 0 Å². The molecule has 4 heteroatoms. The highest BCUT2D eigenvalue weighted by atomic mass is 35.5. The summed E-state index contributed by atoms with van der Waals surface area (Å²) < 4.78 is 4.98. The molecule has 3 nitrogen and oxygen atoms in total. The smallest absolute Gasteiger partial charge is 0.160 e. The summed E-state index contributed by atoms with van der Waals surface area (Å²) in [6.07, 6.45) is 1.69. The second-order valence-corrected chi connectivity index (χ2v) is 4.55. The molecule has 20 heavy (non-hydrogen) atoms. The number of nitrogens with zero attached hydrogens (tertiary/aromatic N) is 1. The lowest BCUT2D eigenvalue weighted by Gasteiger charge is -2.04. The molecule has 0 radical (unpaired) electrons. The van der Waals surface area contributed by atoms with Crippen LogP contribution in [0.25, 0.3) is 11.6 Å². The third-order valence-electron chi connectivity index (χ3n) is 2.77. The molecule has 100 valence electrons. The van der Waals surface area contributed by atoms with Crippen molar-refractivity contribution in [3.8, 4) is 17.6 Å². The van der Waals surface area contributed by atoms with Gasteiger partial charge < -0.3 is 9.84 Å². The van der Waals surface area contributed by atoms with Crippen molar-refractivity contribution < 1.29 is 9.84 Å². The zero-order valence-electron chi connectivity index (χ0n) is 10.8. The number of rotatable bonds is 3. The van der Waals surface area contributed by atoms with Gasteiger partial charge in [0.25, 0.3) is 0 Å². The predicted octanol–water partition coefficient (Wildman–Crippen LogP) is 4.12. The van der Waals surface area contributed by atoms with Crippen molar-refractivity contribution in [3.63, 3.8) is 0 Å². The maximum atomic E-state index is 9.73. The largest absolute Gasteiger partial charge is 0.504 e. The summed E-state index contributed by atoms with van der Waals surface area (Å²) >= 11 is 5.92. The minimum atomic E-state index is 0.0321. The molecule has 0 aliphatic carbocycles. The molecule has 0 aliphatic heterocycles. The van der Waals surface area contributed by atoms with Crippen LogP contribution in [0.15, 0.2) is 42.5 Å². The Labute approximate surface area is 122 Å². The molecule has 0 fully saturated rings. The van der Waals surface area contributed by atoms with Crippen molar-refractivity contribution in [1.82, 2.24) is 0 Å². The number of halogens is 1. The van der Waals surface area contributed by atoms with E-state index in [-0.39, 0.29) is 5.75 Å². The quantitative estimate of drug-likeness (QED) is 0.682. The van der Waals surface area contributed by atoms with E-state index in [0.717, 1.165) is 5.56 Å². The topological polar surface area (TPSA) is 53.2 Å². The van der Waals surface area contributed by atoms with Crippen LogP contribution < -0.4 is 4.74 Å². The Kier molecular flexibility index (Phi) is 4.29. The van der Waals surface area contributed by atoms with E-state index in [1.165, 1.54) is 7.11 Å². The van der Waals surface area contributed by atoms with Gasteiger partial charge in [-0.2, -0.15) is 5.26 Å². The summed E-state index contributed by atoms with van der Waals surface area (Å²) in [5.41, 5.74) is 1.91. The molecular formula is C16H12ClNO2. The van der Waals surface area contributed by atoms with Crippen molar-refractivity contribution >= 4 is 23.3 Å². The second-order valence-electron chi connectivity index (χ2n) is 4.11. The van der Waals surface area contributed by atoms with E-state index in [2.05, 4.69) is 6.07 Å². The van der Waals surface area contributed by atoms with E-state index in [1.54, 1.807) is 42.5 Å². The summed E-state index contributed by atoms with van der Waals surface area (Å²) in [4.78, 5) is 0. The molecule has 1 N–H and O–H groups in total. The lowest BCUT2D eigenvalue weighted by atomic mass is 10.0. The fourth-order valence-corrected chi connectivity index (χ4v) is 1.99. The highest BCUT2D eigenvalue weighted by Gasteiger charge is 2.04. The molecule has 0 aliphatic rings. The van der Waals surface area contributed by atoms with Crippen LogP contribution in [0.3, 0.4) is 0 Å². The zero-order chi connectivity index (χ0) is 14.5. The third-order valence-corrected chi connectivity index (χ3v) is 3.01. The van der Waals surface area contributed by atoms with Gasteiger partial charge in [-0.05, 0) is 41.5 Å². The molecule has 2 aromatic rings. The third kappa shape index (κ3) is 3.11. The summed E-state index contributed by atoms with van der Waals surface area (Å²) in [6.45, 7) is 0. The van der Waals surface area contributed by atoms with Gasteiger partial charge in [-0.1, -0.05) is 29.8 Å². The normalized spacial score (nSPS) is 10.9. The number of aromatic hydroxyl groups is 1. The first-order valence-electron chi connectivity index (χ1n) is 5.89.